The lowest BCUT2D eigenvalue weighted by Gasteiger charge is -2.34. The van der Waals surface area contributed by atoms with Crippen molar-refractivity contribution in [1.82, 2.24) is 8.87 Å². The molecule has 2 fully saturated rings. The molecule has 0 aliphatic carbocycles. The monoisotopic (exact) mass is 543 g/mol. The number of oxazole rings is 1. The second-order valence-corrected chi connectivity index (χ2v) is 11.2. The molecule has 2 saturated heterocycles. The van der Waals surface area contributed by atoms with E-state index in [-0.39, 0.29) is 9.73 Å². The predicted molar refractivity (Wildman–Crippen MR) is 129 cm³/mol. The van der Waals surface area contributed by atoms with Crippen molar-refractivity contribution < 1.29 is 35.6 Å². The Morgan fingerprint density at radius 1 is 1.00 bits per heavy atom. The summed E-state index contributed by atoms with van der Waals surface area (Å²) in [5.41, 5.74) is 0.992. The zero-order chi connectivity index (χ0) is 25.5. The number of anilines is 1. The van der Waals surface area contributed by atoms with Crippen LogP contribution in [0.15, 0.2) is 51.8 Å². The molecule has 0 amide bonds. The van der Waals surface area contributed by atoms with Crippen molar-refractivity contribution in [2.45, 2.75) is 17.7 Å². The minimum Gasteiger partial charge on any atom is -0.429 e. The number of benzene rings is 2. The Hall–Kier alpha value is -2.45. The number of ether oxygens (including phenoxy) is 1. The molecule has 5 rings (SSSR count). The summed E-state index contributed by atoms with van der Waals surface area (Å²) in [6, 6.07) is 10.1. The molecule has 194 valence electrons. The molecular weight excluding hydrogens is 517 g/mol. The fraction of sp³-hybridized carbons (Fsp3) is 0.435. The smallest absolute Gasteiger partial charge is 0.416 e. The van der Waals surface area contributed by atoms with Crippen molar-refractivity contribution in [3.8, 4) is 0 Å². The quantitative estimate of drug-likeness (QED) is 0.499. The Morgan fingerprint density at radius 2 is 1.72 bits per heavy atom. The molecule has 0 unspecified atom stereocenters. The highest BCUT2D eigenvalue weighted by molar-refractivity contribution is 7.89. The van der Waals surface area contributed by atoms with E-state index in [0.717, 1.165) is 6.07 Å². The summed E-state index contributed by atoms with van der Waals surface area (Å²) in [7, 11) is -3.68. The average molecular weight is 544 g/mol. The van der Waals surface area contributed by atoms with Crippen LogP contribution in [0.4, 0.5) is 18.9 Å². The number of rotatable bonds is 5. The first-order valence-corrected chi connectivity index (χ1v) is 13.4. The van der Waals surface area contributed by atoms with E-state index < -0.39 is 21.8 Å². The van der Waals surface area contributed by atoms with Gasteiger partial charge in [0.1, 0.15) is 0 Å². The number of piperazine rings is 1. The highest BCUT2D eigenvalue weighted by Crippen LogP contribution is 2.31. The van der Waals surface area contributed by atoms with Gasteiger partial charge in [-0.1, -0.05) is 6.07 Å². The third-order valence-corrected chi connectivity index (χ3v) is 8.84. The molecule has 36 heavy (non-hydrogen) atoms. The first kappa shape index (κ1) is 25.2. The lowest BCUT2D eigenvalue weighted by atomic mass is 10.1. The molecule has 0 spiro atoms. The van der Waals surface area contributed by atoms with Gasteiger partial charge in [-0.05, 0) is 48.6 Å². The van der Waals surface area contributed by atoms with Gasteiger partial charge in [0, 0.05) is 18.8 Å². The Morgan fingerprint density at radius 3 is 2.42 bits per heavy atom. The Kier molecular flexibility index (Phi) is 6.85. The van der Waals surface area contributed by atoms with E-state index in [2.05, 4.69) is 0 Å². The molecule has 3 heterocycles. The third-order valence-electron chi connectivity index (χ3n) is 6.64. The summed E-state index contributed by atoms with van der Waals surface area (Å²) >= 11 is 5.42. The largest absolute Gasteiger partial charge is 0.429 e. The molecule has 13 heteroatoms. The zero-order valence-corrected chi connectivity index (χ0v) is 21.0. The fourth-order valence-electron chi connectivity index (χ4n) is 4.63. The molecule has 1 aromatic heterocycles. The molecule has 2 aliphatic rings. The minimum atomic E-state index is -4.38. The van der Waals surface area contributed by atoms with Crippen molar-refractivity contribution in [3.05, 3.63) is 52.9 Å². The number of morpholine rings is 1. The lowest BCUT2D eigenvalue weighted by Crippen LogP contribution is -3.14. The fourth-order valence-corrected chi connectivity index (χ4v) is 6.31. The van der Waals surface area contributed by atoms with Crippen LogP contribution >= 0.6 is 12.2 Å². The van der Waals surface area contributed by atoms with E-state index in [0.29, 0.717) is 75.9 Å². The second-order valence-electron chi connectivity index (χ2n) is 8.89. The number of hydrogen-bond acceptors (Lipinski definition) is 6. The lowest BCUT2D eigenvalue weighted by molar-refractivity contribution is -0.923. The van der Waals surface area contributed by atoms with Crippen molar-refractivity contribution in [2.75, 3.05) is 57.4 Å². The number of fused-ring (bicyclic) bond motifs is 1. The van der Waals surface area contributed by atoms with Crippen molar-refractivity contribution in [2.24, 2.45) is 0 Å². The molecule has 0 bridgehead atoms. The van der Waals surface area contributed by atoms with E-state index in [1.165, 1.54) is 27.4 Å². The van der Waals surface area contributed by atoms with E-state index >= 15 is 0 Å². The first-order valence-electron chi connectivity index (χ1n) is 11.6. The Labute approximate surface area is 211 Å². The molecular formula is C23H26F3N4O4S2+. The number of aromatic nitrogens is 1. The summed E-state index contributed by atoms with van der Waals surface area (Å²) in [6.07, 6.45) is -4.38. The van der Waals surface area contributed by atoms with Crippen LogP contribution in [-0.4, -0.2) is 69.8 Å². The molecule has 2 aromatic carbocycles. The van der Waals surface area contributed by atoms with E-state index in [1.54, 1.807) is 22.8 Å². The van der Waals surface area contributed by atoms with Gasteiger partial charge in [0.05, 0.1) is 55.4 Å². The predicted octanol–water partition coefficient (Wildman–Crippen LogP) is 2.37. The van der Waals surface area contributed by atoms with Crippen LogP contribution in [0.1, 0.15) is 5.56 Å². The van der Waals surface area contributed by atoms with E-state index in [4.69, 9.17) is 21.4 Å². The van der Waals surface area contributed by atoms with Crippen molar-refractivity contribution in [1.29, 1.82) is 0 Å². The van der Waals surface area contributed by atoms with E-state index in [1.807, 2.05) is 4.90 Å². The van der Waals surface area contributed by atoms with Gasteiger partial charge in [0.2, 0.25) is 10.0 Å². The molecule has 0 saturated carbocycles. The van der Waals surface area contributed by atoms with Gasteiger partial charge >= 0.3 is 6.18 Å². The van der Waals surface area contributed by atoms with Gasteiger partial charge in [-0.2, -0.15) is 17.5 Å². The number of alkyl halides is 3. The molecule has 0 radical (unpaired) electrons. The maximum Gasteiger partial charge on any atom is 0.416 e. The van der Waals surface area contributed by atoms with Gasteiger partial charge in [0.25, 0.3) is 4.84 Å². The number of sulfonamides is 1. The van der Waals surface area contributed by atoms with Crippen LogP contribution in [0.2, 0.25) is 0 Å². The van der Waals surface area contributed by atoms with Crippen molar-refractivity contribution in [3.63, 3.8) is 0 Å². The number of nitrogens with zero attached hydrogens (tertiary/aromatic N) is 3. The normalized spacial score (nSPS) is 18.7. The van der Waals surface area contributed by atoms with Crippen LogP contribution < -0.4 is 9.80 Å². The standard InChI is InChI=1S/C23H25F3N4O4S2/c24-23(25,26)17-2-1-3-18(14-17)28-8-6-27(7-9-28)16-30-20-15-19(4-5-21(20)34-22(30)35)36(31,32)29-10-12-33-13-11-29/h1-5,14-15H,6-13,16H2/p+1. The second kappa shape index (κ2) is 9.78. The number of quaternary nitrogens is 1. The minimum absolute atomic E-state index is 0.172. The first-order chi connectivity index (χ1) is 17.1. The van der Waals surface area contributed by atoms with Gasteiger partial charge in [0.15, 0.2) is 12.3 Å². The van der Waals surface area contributed by atoms with Crippen LogP contribution in [0, 0.1) is 4.84 Å². The summed E-state index contributed by atoms with van der Waals surface area (Å²) in [5, 5.41) is 0. The van der Waals surface area contributed by atoms with Gasteiger partial charge < -0.3 is 19.0 Å². The van der Waals surface area contributed by atoms with E-state index in [9.17, 15) is 21.6 Å². The summed E-state index contributed by atoms with van der Waals surface area (Å²) < 4.78 is 79.7. The SMILES string of the molecule is O=S(=O)(c1ccc2oc(=S)n(C[NH+]3CCN(c4cccc(C(F)(F)F)c4)CC3)c2c1)N1CCOCC1. The van der Waals surface area contributed by atoms with Crippen LogP contribution in [0.3, 0.4) is 0 Å². The number of nitrogens with one attached hydrogen (secondary N) is 1. The molecule has 3 aromatic rings. The average Bonchev–Trinajstić information content (AvgIpc) is 3.18. The summed E-state index contributed by atoms with van der Waals surface area (Å²) in [5.74, 6) is 0. The van der Waals surface area contributed by atoms with Crippen LogP contribution in [-0.2, 0) is 27.6 Å². The van der Waals surface area contributed by atoms with Crippen LogP contribution in [0.5, 0.6) is 0 Å². The summed E-state index contributed by atoms with van der Waals surface area (Å²) in [4.78, 5) is 3.53. The molecule has 1 N–H and O–H groups in total. The Bertz CT molecular complexity index is 1410. The summed E-state index contributed by atoms with van der Waals surface area (Å²) in [6.45, 7) is 4.30. The topological polar surface area (TPSA) is 72.4 Å². The maximum absolute atomic E-state index is 13.1. The molecule has 8 nitrogen and oxygen atoms in total. The highest BCUT2D eigenvalue weighted by Gasteiger charge is 2.32. The number of hydrogen-bond donors (Lipinski definition) is 1. The molecule has 2 aliphatic heterocycles. The molecule has 0 atom stereocenters. The van der Waals surface area contributed by atoms with Gasteiger partial charge in [-0.3, -0.25) is 4.57 Å². The highest BCUT2D eigenvalue weighted by atomic mass is 32.2. The van der Waals surface area contributed by atoms with Crippen molar-refractivity contribution >= 4 is 39.0 Å². The van der Waals surface area contributed by atoms with Crippen LogP contribution in [0.25, 0.3) is 11.1 Å². The van der Waals surface area contributed by atoms with Gasteiger partial charge in [-0.25, -0.2) is 8.42 Å². The number of halogens is 3. The third kappa shape index (κ3) is 5.02. The van der Waals surface area contributed by atoms with Gasteiger partial charge in [-0.15, -0.1) is 0 Å². The zero-order valence-electron chi connectivity index (χ0n) is 19.3. The Balaban J connectivity index is 1.32. The maximum atomic E-state index is 13.1.